The molecular formula is C22H31N5O. The van der Waals surface area contributed by atoms with Crippen molar-refractivity contribution in [3.63, 3.8) is 0 Å². The number of hydrogen-bond donors (Lipinski definition) is 1. The van der Waals surface area contributed by atoms with Crippen molar-refractivity contribution in [1.82, 2.24) is 24.7 Å². The maximum Gasteiger partial charge on any atom is 0.317 e. The lowest BCUT2D eigenvalue weighted by Gasteiger charge is -2.36. The van der Waals surface area contributed by atoms with Crippen molar-refractivity contribution < 1.29 is 4.79 Å². The molecule has 0 spiro atoms. The van der Waals surface area contributed by atoms with Crippen LogP contribution < -0.4 is 5.32 Å². The van der Waals surface area contributed by atoms with E-state index in [1.54, 1.807) is 0 Å². The van der Waals surface area contributed by atoms with Crippen LogP contribution in [0.15, 0.2) is 49.1 Å². The fourth-order valence-electron chi connectivity index (χ4n) is 4.44. The van der Waals surface area contributed by atoms with E-state index in [-0.39, 0.29) is 12.1 Å². The van der Waals surface area contributed by atoms with E-state index in [4.69, 9.17) is 0 Å². The molecule has 6 heteroatoms. The maximum atomic E-state index is 12.7. The van der Waals surface area contributed by atoms with Gasteiger partial charge in [0.15, 0.2) is 0 Å². The van der Waals surface area contributed by atoms with Gasteiger partial charge in [0.2, 0.25) is 0 Å². The molecule has 2 fully saturated rings. The molecule has 0 bridgehead atoms. The van der Waals surface area contributed by atoms with E-state index >= 15 is 0 Å². The fourth-order valence-corrected chi connectivity index (χ4v) is 4.44. The quantitative estimate of drug-likeness (QED) is 0.866. The number of piperidine rings is 2. The van der Waals surface area contributed by atoms with E-state index in [2.05, 4.69) is 50.1 Å². The highest BCUT2D eigenvalue weighted by atomic mass is 16.2. The van der Waals surface area contributed by atoms with Crippen LogP contribution in [0.5, 0.6) is 0 Å². The molecule has 0 radical (unpaired) electrons. The lowest BCUT2D eigenvalue weighted by molar-refractivity contribution is 0.146. The van der Waals surface area contributed by atoms with Gasteiger partial charge in [0.25, 0.3) is 0 Å². The van der Waals surface area contributed by atoms with Crippen LogP contribution >= 0.6 is 0 Å². The molecule has 28 heavy (non-hydrogen) atoms. The molecule has 2 aliphatic rings. The number of likely N-dealkylation sites (tertiary alicyclic amines) is 2. The van der Waals surface area contributed by atoms with Crippen LogP contribution in [-0.4, -0.2) is 57.6 Å². The summed E-state index contributed by atoms with van der Waals surface area (Å²) in [5.41, 5.74) is 1.34. The second kappa shape index (κ2) is 9.24. The van der Waals surface area contributed by atoms with Crippen molar-refractivity contribution in [2.24, 2.45) is 5.92 Å². The summed E-state index contributed by atoms with van der Waals surface area (Å²) >= 11 is 0. The highest BCUT2D eigenvalue weighted by Gasteiger charge is 2.26. The molecular weight excluding hydrogens is 350 g/mol. The van der Waals surface area contributed by atoms with Crippen LogP contribution in [0.25, 0.3) is 0 Å². The molecule has 0 aliphatic carbocycles. The Kier molecular flexibility index (Phi) is 6.27. The average molecular weight is 382 g/mol. The first-order chi connectivity index (χ1) is 13.8. The van der Waals surface area contributed by atoms with Crippen LogP contribution in [0.2, 0.25) is 0 Å². The Morgan fingerprint density at radius 3 is 2.68 bits per heavy atom. The number of aromatic nitrogens is 2. The molecule has 2 amide bonds. The molecule has 1 aromatic heterocycles. The number of benzene rings is 1. The van der Waals surface area contributed by atoms with Gasteiger partial charge in [-0.25, -0.2) is 9.78 Å². The number of urea groups is 1. The number of carbonyl (C=O) groups excluding carboxylic acids is 1. The van der Waals surface area contributed by atoms with E-state index in [9.17, 15) is 4.79 Å². The van der Waals surface area contributed by atoms with E-state index in [0.29, 0.717) is 5.92 Å². The molecule has 4 rings (SSSR count). The Hall–Kier alpha value is -2.34. The van der Waals surface area contributed by atoms with Crippen molar-refractivity contribution >= 4 is 6.03 Å². The maximum absolute atomic E-state index is 12.7. The number of imidazole rings is 1. The van der Waals surface area contributed by atoms with Gasteiger partial charge in [-0.1, -0.05) is 30.3 Å². The number of nitrogens with zero attached hydrogens (tertiary/aromatic N) is 4. The summed E-state index contributed by atoms with van der Waals surface area (Å²) in [6.07, 6.45) is 10.1. The molecule has 0 saturated carbocycles. The molecule has 6 nitrogen and oxygen atoms in total. The van der Waals surface area contributed by atoms with Crippen molar-refractivity contribution in [3.05, 3.63) is 54.6 Å². The third-order valence-electron chi connectivity index (χ3n) is 6.01. The van der Waals surface area contributed by atoms with Gasteiger partial charge in [0.1, 0.15) is 0 Å². The smallest absolute Gasteiger partial charge is 0.317 e. The zero-order valence-electron chi connectivity index (χ0n) is 16.5. The van der Waals surface area contributed by atoms with Gasteiger partial charge in [0.05, 0.1) is 6.33 Å². The summed E-state index contributed by atoms with van der Waals surface area (Å²) < 4.78 is 2.14. The first kappa shape index (κ1) is 19.0. The Balaban J connectivity index is 1.21. The highest BCUT2D eigenvalue weighted by Crippen LogP contribution is 2.20. The Bertz CT molecular complexity index is 725. The van der Waals surface area contributed by atoms with Gasteiger partial charge >= 0.3 is 6.03 Å². The molecule has 2 aromatic rings. The Morgan fingerprint density at radius 1 is 1.11 bits per heavy atom. The lowest BCUT2D eigenvalue weighted by Crippen LogP contribution is -2.52. The van der Waals surface area contributed by atoms with Crippen LogP contribution in [0.1, 0.15) is 31.2 Å². The second-order valence-electron chi connectivity index (χ2n) is 8.20. The molecule has 2 saturated heterocycles. The van der Waals surface area contributed by atoms with Gasteiger partial charge < -0.3 is 14.8 Å². The molecule has 1 atom stereocenters. The summed E-state index contributed by atoms with van der Waals surface area (Å²) in [6, 6.07) is 11.0. The van der Waals surface area contributed by atoms with E-state index < -0.39 is 0 Å². The van der Waals surface area contributed by atoms with Crippen molar-refractivity contribution in [2.45, 2.75) is 44.8 Å². The predicted octanol–water partition coefficient (Wildman–Crippen LogP) is 2.97. The summed E-state index contributed by atoms with van der Waals surface area (Å²) in [5.74, 6) is 0.634. The molecule has 2 aliphatic heterocycles. The Morgan fingerprint density at radius 2 is 1.93 bits per heavy atom. The molecule has 0 unspecified atom stereocenters. The first-order valence-corrected chi connectivity index (χ1v) is 10.5. The van der Waals surface area contributed by atoms with Gasteiger partial charge in [-0.3, -0.25) is 4.90 Å². The number of hydrogen-bond acceptors (Lipinski definition) is 3. The third-order valence-corrected chi connectivity index (χ3v) is 6.01. The normalized spacial score (nSPS) is 21.6. The van der Waals surface area contributed by atoms with Crippen molar-refractivity contribution in [1.29, 1.82) is 0 Å². The van der Waals surface area contributed by atoms with Crippen LogP contribution in [0.3, 0.4) is 0 Å². The second-order valence-corrected chi connectivity index (χ2v) is 8.20. The summed E-state index contributed by atoms with van der Waals surface area (Å²) in [7, 11) is 0. The minimum atomic E-state index is 0.118. The minimum Gasteiger partial charge on any atom is -0.337 e. The lowest BCUT2D eigenvalue weighted by atomic mass is 9.97. The average Bonchev–Trinajstić information content (AvgIpc) is 3.23. The molecule has 1 N–H and O–H groups in total. The molecule has 150 valence electrons. The monoisotopic (exact) mass is 381 g/mol. The molecule has 3 heterocycles. The molecule has 1 aromatic carbocycles. The summed E-state index contributed by atoms with van der Waals surface area (Å²) in [5, 5.41) is 3.29. The predicted molar refractivity (Wildman–Crippen MR) is 110 cm³/mol. The first-order valence-electron chi connectivity index (χ1n) is 10.5. The van der Waals surface area contributed by atoms with Gasteiger partial charge in [0, 0.05) is 51.2 Å². The Labute approximate surface area is 167 Å². The number of carbonyl (C=O) groups is 1. The van der Waals surface area contributed by atoms with E-state index in [1.165, 1.54) is 5.56 Å². The zero-order valence-corrected chi connectivity index (χ0v) is 16.5. The van der Waals surface area contributed by atoms with Gasteiger partial charge in [-0.15, -0.1) is 0 Å². The van der Waals surface area contributed by atoms with Gasteiger partial charge in [-0.05, 0) is 43.7 Å². The standard InChI is InChI=1S/C22H31N5O/c28-22(27-12-8-20(9-13-27)16-26-14-10-23-18-26)24-21-7-4-11-25(17-21)15-19-5-2-1-3-6-19/h1-3,5-6,10,14,18,20-21H,4,7-9,11-13,15-17H2,(H,24,28)/t21-/m0/s1. The van der Waals surface area contributed by atoms with Gasteiger partial charge in [-0.2, -0.15) is 0 Å². The topological polar surface area (TPSA) is 53.4 Å². The SMILES string of the molecule is O=C(N[C@H]1CCCN(Cc2ccccc2)C1)N1CCC(Cn2ccnc2)CC1. The van der Waals surface area contributed by atoms with Crippen molar-refractivity contribution in [3.8, 4) is 0 Å². The van der Waals surface area contributed by atoms with Crippen LogP contribution in [0, 0.1) is 5.92 Å². The number of nitrogens with one attached hydrogen (secondary N) is 1. The van der Waals surface area contributed by atoms with Crippen molar-refractivity contribution in [2.75, 3.05) is 26.2 Å². The largest absolute Gasteiger partial charge is 0.337 e. The van der Waals surface area contributed by atoms with E-state index in [1.807, 2.05) is 23.6 Å². The summed E-state index contributed by atoms with van der Waals surface area (Å²) in [6.45, 7) is 5.73. The highest BCUT2D eigenvalue weighted by molar-refractivity contribution is 5.74. The van der Waals surface area contributed by atoms with E-state index in [0.717, 1.165) is 65.0 Å². The third kappa shape index (κ3) is 5.13. The number of rotatable bonds is 5. The summed E-state index contributed by atoms with van der Waals surface area (Å²) in [4.78, 5) is 21.3. The fraction of sp³-hybridized carbons (Fsp3) is 0.545. The minimum absolute atomic E-state index is 0.118. The van der Waals surface area contributed by atoms with Crippen LogP contribution in [-0.2, 0) is 13.1 Å². The number of amides is 2. The van der Waals surface area contributed by atoms with Crippen LogP contribution in [0.4, 0.5) is 4.79 Å². The zero-order chi connectivity index (χ0) is 19.2.